The Balaban J connectivity index is 2.08. The predicted molar refractivity (Wildman–Crippen MR) is 95.8 cm³/mol. The third kappa shape index (κ3) is 4.97. The molecule has 0 spiro atoms. The number of hydrogen-bond acceptors (Lipinski definition) is 5. The van der Waals surface area contributed by atoms with E-state index in [2.05, 4.69) is 5.32 Å². The van der Waals surface area contributed by atoms with Gasteiger partial charge in [-0.2, -0.15) is 0 Å². The highest BCUT2D eigenvalue weighted by Crippen LogP contribution is 2.26. The molecule has 2 atom stereocenters. The van der Waals surface area contributed by atoms with Gasteiger partial charge < -0.3 is 26.4 Å². The van der Waals surface area contributed by atoms with Crippen LogP contribution in [0.1, 0.15) is 18.1 Å². The van der Waals surface area contributed by atoms with Gasteiger partial charge in [0.1, 0.15) is 6.04 Å². The van der Waals surface area contributed by atoms with Crippen molar-refractivity contribution in [1.82, 2.24) is 5.32 Å². The summed E-state index contributed by atoms with van der Waals surface area (Å²) in [5, 5.41) is 30.8. The van der Waals surface area contributed by atoms with Gasteiger partial charge in [0.05, 0.1) is 5.54 Å². The molecular weight excluding hydrogens is 336 g/mol. The van der Waals surface area contributed by atoms with Crippen LogP contribution in [0.4, 0.5) is 0 Å². The van der Waals surface area contributed by atoms with Gasteiger partial charge in [0, 0.05) is 6.42 Å². The van der Waals surface area contributed by atoms with Crippen LogP contribution in [0.3, 0.4) is 0 Å². The van der Waals surface area contributed by atoms with E-state index in [0.29, 0.717) is 5.56 Å². The van der Waals surface area contributed by atoms with Gasteiger partial charge in [-0.1, -0.05) is 36.4 Å². The molecule has 2 aromatic carbocycles. The SMILES string of the molecule is C[C@](N)(Cc1ccc(O)c(O)c1)C(=O)N[C@@H](Cc1ccccc1)C(=O)O. The standard InChI is InChI=1S/C19H22N2O5/c1-19(20,11-13-7-8-15(22)16(23)10-13)18(26)21-14(17(24)25)9-12-5-3-2-4-6-12/h2-8,10,14,22-23H,9,11,20H2,1H3,(H,21,26)(H,24,25)/t14-,19-/m0/s1. The maximum Gasteiger partial charge on any atom is 0.326 e. The Morgan fingerprint density at radius 2 is 1.73 bits per heavy atom. The van der Waals surface area contributed by atoms with Gasteiger partial charge in [-0.25, -0.2) is 4.79 Å². The number of carboxylic acid groups (broad SMARTS) is 1. The minimum atomic E-state index is -1.40. The fraction of sp³-hybridized carbons (Fsp3) is 0.263. The Labute approximate surface area is 151 Å². The lowest BCUT2D eigenvalue weighted by atomic mass is 9.92. The lowest BCUT2D eigenvalue weighted by molar-refractivity contribution is -0.142. The van der Waals surface area contributed by atoms with E-state index in [1.165, 1.54) is 25.1 Å². The summed E-state index contributed by atoms with van der Waals surface area (Å²) in [4.78, 5) is 24.0. The summed E-state index contributed by atoms with van der Waals surface area (Å²) in [7, 11) is 0. The third-order valence-corrected chi connectivity index (χ3v) is 4.02. The van der Waals surface area contributed by atoms with Crippen molar-refractivity contribution < 1.29 is 24.9 Å². The molecule has 1 amide bonds. The Morgan fingerprint density at radius 3 is 2.31 bits per heavy atom. The molecule has 0 radical (unpaired) electrons. The van der Waals surface area contributed by atoms with E-state index in [0.717, 1.165) is 5.56 Å². The molecule has 0 fully saturated rings. The van der Waals surface area contributed by atoms with E-state index in [1.807, 2.05) is 6.07 Å². The van der Waals surface area contributed by atoms with Crippen molar-refractivity contribution in [2.75, 3.05) is 0 Å². The smallest absolute Gasteiger partial charge is 0.326 e. The molecule has 26 heavy (non-hydrogen) atoms. The molecule has 0 saturated carbocycles. The lowest BCUT2D eigenvalue weighted by Gasteiger charge is -2.26. The van der Waals surface area contributed by atoms with Gasteiger partial charge in [-0.15, -0.1) is 0 Å². The van der Waals surface area contributed by atoms with E-state index in [9.17, 15) is 24.9 Å². The summed E-state index contributed by atoms with van der Waals surface area (Å²) in [6.45, 7) is 1.48. The summed E-state index contributed by atoms with van der Waals surface area (Å²) in [5.74, 6) is -2.36. The average molecular weight is 358 g/mol. The molecule has 0 bridgehead atoms. The zero-order valence-electron chi connectivity index (χ0n) is 14.3. The Hall–Kier alpha value is -3.06. The van der Waals surface area contributed by atoms with E-state index in [4.69, 9.17) is 5.73 Å². The fourth-order valence-corrected chi connectivity index (χ4v) is 2.56. The highest BCUT2D eigenvalue weighted by molar-refractivity contribution is 5.90. The number of nitrogens with one attached hydrogen (secondary N) is 1. The molecule has 7 heteroatoms. The van der Waals surface area contributed by atoms with E-state index in [-0.39, 0.29) is 24.3 Å². The van der Waals surface area contributed by atoms with Crippen molar-refractivity contribution in [3.05, 3.63) is 59.7 Å². The van der Waals surface area contributed by atoms with Gasteiger partial charge in [0.15, 0.2) is 11.5 Å². The first-order chi connectivity index (χ1) is 12.2. The van der Waals surface area contributed by atoms with Gasteiger partial charge >= 0.3 is 5.97 Å². The van der Waals surface area contributed by atoms with Crippen molar-refractivity contribution in [3.8, 4) is 11.5 Å². The van der Waals surface area contributed by atoms with Crippen molar-refractivity contribution in [3.63, 3.8) is 0 Å². The molecule has 2 aromatic rings. The van der Waals surface area contributed by atoms with Crippen LogP contribution < -0.4 is 11.1 Å². The number of benzene rings is 2. The van der Waals surface area contributed by atoms with E-state index < -0.39 is 23.5 Å². The number of carbonyl (C=O) groups excluding carboxylic acids is 1. The Morgan fingerprint density at radius 1 is 1.08 bits per heavy atom. The molecule has 7 nitrogen and oxygen atoms in total. The van der Waals surface area contributed by atoms with Crippen LogP contribution in [0.5, 0.6) is 11.5 Å². The number of carboxylic acids is 1. The monoisotopic (exact) mass is 358 g/mol. The number of phenols is 2. The minimum absolute atomic E-state index is 0.0599. The normalized spacial score (nSPS) is 14.2. The molecule has 0 aliphatic carbocycles. The van der Waals surface area contributed by atoms with Crippen LogP contribution in [0.25, 0.3) is 0 Å². The van der Waals surface area contributed by atoms with Gasteiger partial charge in [-0.3, -0.25) is 4.79 Å². The summed E-state index contributed by atoms with van der Waals surface area (Å²) in [6, 6.07) is 12.0. The average Bonchev–Trinajstić information content (AvgIpc) is 2.58. The first-order valence-corrected chi connectivity index (χ1v) is 8.06. The van der Waals surface area contributed by atoms with E-state index >= 15 is 0 Å². The fourth-order valence-electron chi connectivity index (χ4n) is 2.56. The second-order valence-corrected chi connectivity index (χ2v) is 6.47. The number of aliphatic carboxylic acids is 1. The van der Waals surface area contributed by atoms with Crippen LogP contribution in [0, 0.1) is 0 Å². The summed E-state index contributed by atoms with van der Waals surface area (Å²) in [6.07, 6.45) is 0.197. The van der Waals surface area contributed by atoms with Gasteiger partial charge in [0.2, 0.25) is 5.91 Å². The summed E-state index contributed by atoms with van der Waals surface area (Å²) < 4.78 is 0. The van der Waals surface area contributed by atoms with Crippen LogP contribution in [0.15, 0.2) is 48.5 Å². The van der Waals surface area contributed by atoms with Crippen LogP contribution in [-0.4, -0.2) is 38.8 Å². The number of rotatable bonds is 7. The van der Waals surface area contributed by atoms with Gasteiger partial charge in [-0.05, 0) is 36.6 Å². The number of carbonyl (C=O) groups is 2. The Kier molecular flexibility index (Phi) is 5.84. The molecule has 0 aliphatic rings. The largest absolute Gasteiger partial charge is 0.504 e. The highest BCUT2D eigenvalue weighted by Gasteiger charge is 2.32. The Bertz CT molecular complexity index is 790. The number of aromatic hydroxyl groups is 2. The number of hydrogen-bond donors (Lipinski definition) is 5. The minimum Gasteiger partial charge on any atom is -0.504 e. The number of phenolic OH excluding ortho intramolecular Hbond substituents is 2. The van der Waals surface area contributed by atoms with E-state index in [1.54, 1.807) is 24.3 Å². The zero-order chi connectivity index (χ0) is 19.3. The topological polar surface area (TPSA) is 133 Å². The lowest BCUT2D eigenvalue weighted by Crippen LogP contribution is -2.57. The first kappa shape index (κ1) is 19.3. The molecule has 0 heterocycles. The first-order valence-electron chi connectivity index (χ1n) is 8.06. The molecule has 0 aliphatic heterocycles. The number of nitrogens with two attached hydrogens (primary N) is 1. The summed E-state index contributed by atoms with van der Waals surface area (Å²) >= 11 is 0. The highest BCUT2D eigenvalue weighted by atomic mass is 16.4. The predicted octanol–water partition coefficient (Wildman–Crippen LogP) is 1.17. The van der Waals surface area contributed by atoms with Crippen molar-refractivity contribution in [2.24, 2.45) is 5.73 Å². The third-order valence-electron chi connectivity index (χ3n) is 4.02. The molecule has 138 valence electrons. The molecule has 0 saturated heterocycles. The van der Waals surface area contributed by atoms with Crippen LogP contribution in [0.2, 0.25) is 0 Å². The molecular formula is C19H22N2O5. The molecule has 6 N–H and O–H groups in total. The second kappa shape index (κ2) is 7.88. The van der Waals surface area contributed by atoms with Crippen LogP contribution >= 0.6 is 0 Å². The molecule has 0 unspecified atom stereocenters. The summed E-state index contributed by atoms with van der Waals surface area (Å²) in [5.41, 5.74) is 6.00. The maximum absolute atomic E-state index is 12.5. The van der Waals surface area contributed by atoms with Crippen LogP contribution in [-0.2, 0) is 22.4 Å². The number of amides is 1. The quantitative estimate of drug-likeness (QED) is 0.472. The zero-order valence-corrected chi connectivity index (χ0v) is 14.3. The van der Waals surface area contributed by atoms with Crippen molar-refractivity contribution >= 4 is 11.9 Å². The molecule has 0 aromatic heterocycles. The molecule has 2 rings (SSSR count). The maximum atomic E-state index is 12.5. The van der Waals surface area contributed by atoms with Gasteiger partial charge in [0.25, 0.3) is 0 Å². The van der Waals surface area contributed by atoms with Crippen molar-refractivity contribution in [2.45, 2.75) is 31.3 Å². The van der Waals surface area contributed by atoms with Crippen molar-refractivity contribution in [1.29, 1.82) is 0 Å². The second-order valence-electron chi connectivity index (χ2n) is 6.47.